The van der Waals surface area contributed by atoms with Crippen LogP contribution in [0, 0.1) is 0 Å². The van der Waals surface area contributed by atoms with Crippen LogP contribution in [0.2, 0.25) is 5.02 Å². The number of piperidine rings is 1. The molecule has 20 heavy (non-hydrogen) atoms. The molecule has 1 aromatic rings. The van der Waals surface area contributed by atoms with Crippen molar-refractivity contribution in [3.05, 3.63) is 28.8 Å². The first-order valence-electron chi connectivity index (χ1n) is 7.61. The molecular formula is C16H22BrClN2. The van der Waals surface area contributed by atoms with Crippen molar-refractivity contribution in [1.82, 2.24) is 4.90 Å². The van der Waals surface area contributed by atoms with Crippen LogP contribution in [0.25, 0.3) is 0 Å². The Kier molecular flexibility index (Phi) is 4.90. The molecule has 2 nitrogen and oxygen atoms in total. The third-order valence-corrected chi connectivity index (χ3v) is 5.57. The predicted molar refractivity (Wildman–Crippen MR) is 90.1 cm³/mol. The van der Waals surface area contributed by atoms with Gasteiger partial charge in [-0.1, -0.05) is 40.0 Å². The molecule has 2 saturated heterocycles. The highest BCUT2D eigenvalue weighted by Crippen LogP contribution is 2.29. The minimum atomic E-state index is 0.741. The maximum atomic E-state index is 6.33. The van der Waals surface area contributed by atoms with E-state index in [9.17, 15) is 0 Å². The normalized spacial score (nSPS) is 24.3. The Morgan fingerprint density at radius 1 is 1.15 bits per heavy atom. The van der Waals surface area contributed by atoms with Crippen LogP contribution in [0.1, 0.15) is 31.2 Å². The topological polar surface area (TPSA) is 6.48 Å². The lowest BCUT2D eigenvalue weighted by Gasteiger charge is -2.32. The van der Waals surface area contributed by atoms with E-state index >= 15 is 0 Å². The van der Waals surface area contributed by atoms with Gasteiger partial charge in [-0.25, -0.2) is 0 Å². The van der Waals surface area contributed by atoms with Crippen molar-refractivity contribution < 1.29 is 0 Å². The molecule has 2 fully saturated rings. The van der Waals surface area contributed by atoms with Crippen LogP contribution in [0.15, 0.2) is 18.2 Å². The van der Waals surface area contributed by atoms with Gasteiger partial charge >= 0.3 is 0 Å². The highest BCUT2D eigenvalue weighted by atomic mass is 79.9. The molecule has 1 unspecified atom stereocenters. The van der Waals surface area contributed by atoms with E-state index in [0.29, 0.717) is 0 Å². The summed E-state index contributed by atoms with van der Waals surface area (Å²) in [6.45, 7) is 4.90. The van der Waals surface area contributed by atoms with Gasteiger partial charge in [-0.15, -0.1) is 0 Å². The van der Waals surface area contributed by atoms with Crippen molar-refractivity contribution in [2.45, 2.75) is 37.1 Å². The summed E-state index contributed by atoms with van der Waals surface area (Å²) in [6, 6.07) is 7.21. The van der Waals surface area contributed by atoms with Gasteiger partial charge in [-0.3, -0.25) is 4.90 Å². The zero-order valence-corrected chi connectivity index (χ0v) is 14.2. The molecule has 0 aromatic heterocycles. The van der Waals surface area contributed by atoms with Crippen molar-refractivity contribution in [2.24, 2.45) is 0 Å². The first kappa shape index (κ1) is 14.7. The van der Waals surface area contributed by atoms with E-state index in [-0.39, 0.29) is 0 Å². The van der Waals surface area contributed by atoms with Gasteiger partial charge in [0.25, 0.3) is 0 Å². The van der Waals surface area contributed by atoms with Gasteiger partial charge in [0.15, 0.2) is 0 Å². The second-order valence-electron chi connectivity index (χ2n) is 5.89. The fourth-order valence-corrected chi connectivity index (χ4v) is 4.29. The molecule has 0 spiro atoms. The van der Waals surface area contributed by atoms with Gasteiger partial charge in [0.1, 0.15) is 0 Å². The number of rotatable bonds is 3. The second kappa shape index (κ2) is 6.67. The SMILES string of the molecule is Clc1cc(N2CCC(N3CCCCC3)C2)ccc1CBr. The zero-order chi connectivity index (χ0) is 13.9. The highest BCUT2D eigenvalue weighted by Gasteiger charge is 2.28. The first-order valence-corrected chi connectivity index (χ1v) is 9.11. The van der Waals surface area contributed by atoms with E-state index in [4.69, 9.17) is 11.6 Å². The molecule has 4 heteroatoms. The summed E-state index contributed by atoms with van der Waals surface area (Å²) in [6.07, 6.45) is 5.46. The number of likely N-dealkylation sites (tertiary alicyclic amines) is 1. The molecule has 0 aliphatic carbocycles. The van der Waals surface area contributed by atoms with Crippen LogP contribution in [-0.4, -0.2) is 37.1 Å². The summed E-state index contributed by atoms with van der Waals surface area (Å²) in [4.78, 5) is 5.18. The molecule has 2 aliphatic heterocycles. The predicted octanol–water partition coefficient (Wildman–Crippen LogP) is 4.30. The Morgan fingerprint density at radius 3 is 2.65 bits per heavy atom. The molecule has 0 saturated carbocycles. The molecule has 1 atom stereocenters. The number of anilines is 1. The number of halogens is 2. The lowest BCUT2D eigenvalue weighted by atomic mass is 10.1. The third kappa shape index (κ3) is 3.15. The summed E-state index contributed by atoms with van der Waals surface area (Å²) in [7, 11) is 0. The number of benzene rings is 1. The van der Waals surface area contributed by atoms with Gasteiger partial charge in [-0.2, -0.15) is 0 Å². The van der Waals surface area contributed by atoms with Gasteiger partial charge in [0.2, 0.25) is 0 Å². The Morgan fingerprint density at radius 2 is 1.95 bits per heavy atom. The lowest BCUT2D eigenvalue weighted by molar-refractivity contribution is 0.175. The van der Waals surface area contributed by atoms with Crippen molar-refractivity contribution >= 4 is 33.2 Å². The third-order valence-electron chi connectivity index (χ3n) is 4.62. The quantitative estimate of drug-likeness (QED) is 0.744. The smallest absolute Gasteiger partial charge is 0.0467 e. The second-order valence-corrected chi connectivity index (χ2v) is 6.86. The van der Waals surface area contributed by atoms with E-state index in [1.807, 2.05) is 0 Å². The monoisotopic (exact) mass is 356 g/mol. The zero-order valence-electron chi connectivity index (χ0n) is 11.8. The van der Waals surface area contributed by atoms with Crippen LogP contribution >= 0.6 is 27.5 Å². The Labute approximate surface area is 135 Å². The number of hydrogen-bond acceptors (Lipinski definition) is 2. The maximum Gasteiger partial charge on any atom is 0.0467 e. The summed E-state index contributed by atoms with van der Waals surface area (Å²) >= 11 is 9.80. The fourth-order valence-electron chi connectivity index (χ4n) is 3.40. The molecule has 110 valence electrons. The first-order chi connectivity index (χ1) is 9.78. The molecule has 0 bridgehead atoms. The van der Waals surface area contributed by atoms with E-state index in [0.717, 1.165) is 29.5 Å². The summed E-state index contributed by atoms with van der Waals surface area (Å²) in [5.74, 6) is 0. The van der Waals surface area contributed by atoms with Gasteiger partial charge < -0.3 is 4.90 Å². The van der Waals surface area contributed by atoms with Crippen molar-refractivity contribution in [3.8, 4) is 0 Å². The molecule has 0 radical (unpaired) electrons. The minimum Gasteiger partial charge on any atom is -0.370 e. The molecule has 3 rings (SSSR count). The fraction of sp³-hybridized carbons (Fsp3) is 0.625. The molecule has 1 aromatic carbocycles. The lowest BCUT2D eigenvalue weighted by Crippen LogP contribution is -2.40. The number of hydrogen-bond donors (Lipinski definition) is 0. The number of alkyl halides is 1. The van der Waals surface area contributed by atoms with Crippen LogP contribution in [0.3, 0.4) is 0 Å². The molecule has 2 aliphatic rings. The Hall–Kier alpha value is -0.250. The summed E-state index contributed by atoms with van der Waals surface area (Å²) < 4.78 is 0. The summed E-state index contributed by atoms with van der Waals surface area (Å²) in [5.41, 5.74) is 2.45. The standard InChI is InChI=1S/C16H22BrClN2/c17-11-13-4-5-14(10-16(13)18)20-9-6-15(12-20)19-7-2-1-3-8-19/h4-5,10,15H,1-3,6-9,11-12H2. The Balaban J connectivity index is 1.65. The van der Waals surface area contributed by atoms with Crippen molar-refractivity contribution in [1.29, 1.82) is 0 Å². The van der Waals surface area contributed by atoms with Gasteiger partial charge in [-0.05, 0) is 50.0 Å². The maximum absolute atomic E-state index is 6.33. The Bertz CT molecular complexity index is 460. The highest BCUT2D eigenvalue weighted by molar-refractivity contribution is 9.08. The minimum absolute atomic E-state index is 0.741. The van der Waals surface area contributed by atoms with Crippen molar-refractivity contribution in [3.63, 3.8) is 0 Å². The van der Waals surface area contributed by atoms with Crippen LogP contribution in [-0.2, 0) is 5.33 Å². The molecule has 2 heterocycles. The summed E-state index contributed by atoms with van der Waals surface area (Å²) in [5, 5.41) is 1.70. The number of nitrogens with zero attached hydrogens (tertiary/aromatic N) is 2. The van der Waals surface area contributed by atoms with E-state index < -0.39 is 0 Å². The molecule has 0 amide bonds. The van der Waals surface area contributed by atoms with E-state index in [1.54, 1.807) is 0 Å². The van der Waals surface area contributed by atoms with E-state index in [1.165, 1.54) is 50.0 Å². The average Bonchev–Trinajstić information content (AvgIpc) is 2.98. The van der Waals surface area contributed by atoms with Crippen LogP contribution in [0.4, 0.5) is 5.69 Å². The van der Waals surface area contributed by atoms with Gasteiger partial charge in [0.05, 0.1) is 0 Å². The van der Waals surface area contributed by atoms with E-state index in [2.05, 4.69) is 43.9 Å². The van der Waals surface area contributed by atoms with Gasteiger partial charge in [0, 0.05) is 35.2 Å². The average molecular weight is 358 g/mol. The largest absolute Gasteiger partial charge is 0.370 e. The van der Waals surface area contributed by atoms with Crippen LogP contribution in [0.5, 0.6) is 0 Å². The van der Waals surface area contributed by atoms with Crippen LogP contribution < -0.4 is 4.90 Å². The van der Waals surface area contributed by atoms with Crippen molar-refractivity contribution in [2.75, 3.05) is 31.1 Å². The molecule has 0 N–H and O–H groups in total. The molecular weight excluding hydrogens is 336 g/mol.